The van der Waals surface area contributed by atoms with Crippen LogP contribution in [-0.4, -0.2) is 110 Å². The molecule has 1 aliphatic rings. The maximum absolute atomic E-state index is 13.2. The van der Waals surface area contributed by atoms with Crippen molar-refractivity contribution in [3.05, 3.63) is 48.6 Å². The SMILES string of the molecule is CCCCCCCC/C=C/CC/C=C/CC/C=C/CCCC(O)C(O)C(COC1OC(CO)C(O)C(O)C1O)NC(=O)C(O)CCCCCCCCC/C=C\CCCCCCCCCCCCCC. The number of hydrogen-bond acceptors (Lipinski definition) is 10. The number of nitrogens with one attached hydrogen (secondary N) is 1. The second kappa shape index (κ2) is 47.1. The maximum Gasteiger partial charge on any atom is 0.249 e. The van der Waals surface area contributed by atoms with Gasteiger partial charge < -0.3 is 50.5 Å². The Labute approximate surface area is 421 Å². The van der Waals surface area contributed by atoms with E-state index in [0.29, 0.717) is 19.3 Å². The van der Waals surface area contributed by atoms with Crippen molar-refractivity contribution in [2.75, 3.05) is 13.2 Å². The van der Waals surface area contributed by atoms with Crippen molar-refractivity contribution >= 4 is 5.91 Å². The number of carbonyl (C=O) groups is 1. The van der Waals surface area contributed by atoms with Gasteiger partial charge in [0, 0.05) is 0 Å². The molecular formula is C58H107NO10. The van der Waals surface area contributed by atoms with Gasteiger partial charge in [-0.15, -0.1) is 0 Å². The highest BCUT2D eigenvalue weighted by Gasteiger charge is 2.44. The molecule has 1 amide bonds. The molecule has 9 unspecified atom stereocenters. The number of carbonyl (C=O) groups excluding carboxylic acids is 1. The number of ether oxygens (including phenoxy) is 2. The van der Waals surface area contributed by atoms with Gasteiger partial charge in [0.15, 0.2) is 6.29 Å². The standard InChI is InChI=1S/C58H107NO10/c1-3-5-7-9-11-13-15-17-19-21-23-24-25-26-28-30-32-34-36-38-40-42-44-46-51(62)57(67)59-49(48-68-58-56(66)55(65)54(64)52(47-60)69-58)53(63)50(61)45-43-41-39-37-35-33-31-29-27-22-20-18-16-14-12-10-8-6-4-2/h18,20,26,28-29,31,37,39,49-56,58,60-66H,3-17,19,21-25,27,30,32-36,38,40-48H2,1-2H3,(H,59,67)/b20-18+,28-26-,31-29+,39-37+. The minimum Gasteiger partial charge on any atom is -0.394 e. The van der Waals surface area contributed by atoms with Crippen LogP contribution in [0.25, 0.3) is 0 Å². The Balaban J connectivity index is 2.37. The van der Waals surface area contributed by atoms with E-state index in [1.165, 1.54) is 141 Å². The van der Waals surface area contributed by atoms with Gasteiger partial charge in [0.2, 0.25) is 5.91 Å². The summed E-state index contributed by atoms with van der Waals surface area (Å²) in [4.78, 5) is 13.2. The van der Waals surface area contributed by atoms with Crippen LogP contribution in [0.4, 0.5) is 0 Å². The molecule has 1 heterocycles. The lowest BCUT2D eigenvalue weighted by Gasteiger charge is -2.40. The van der Waals surface area contributed by atoms with Gasteiger partial charge in [-0.1, -0.05) is 204 Å². The molecule has 1 aliphatic heterocycles. The number of aliphatic hydroxyl groups excluding tert-OH is 7. The Morgan fingerprint density at radius 3 is 1.29 bits per heavy atom. The minimum absolute atomic E-state index is 0.239. The monoisotopic (exact) mass is 978 g/mol. The lowest BCUT2D eigenvalue weighted by molar-refractivity contribution is -0.303. The molecule has 0 aliphatic carbocycles. The van der Waals surface area contributed by atoms with Gasteiger partial charge >= 0.3 is 0 Å². The van der Waals surface area contributed by atoms with Crippen molar-refractivity contribution in [2.24, 2.45) is 0 Å². The average molecular weight is 978 g/mol. The summed E-state index contributed by atoms with van der Waals surface area (Å²) in [7, 11) is 0. The van der Waals surface area contributed by atoms with Crippen LogP contribution >= 0.6 is 0 Å². The number of unbranched alkanes of at least 4 members (excludes halogenated alkanes) is 28. The predicted molar refractivity (Wildman–Crippen MR) is 284 cm³/mol. The van der Waals surface area contributed by atoms with E-state index in [1.807, 2.05) is 0 Å². The first-order chi connectivity index (χ1) is 33.7. The van der Waals surface area contributed by atoms with Gasteiger partial charge in [0.05, 0.1) is 25.4 Å². The van der Waals surface area contributed by atoms with E-state index in [4.69, 9.17) is 9.47 Å². The van der Waals surface area contributed by atoms with Gasteiger partial charge in [-0.2, -0.15) is 0 Å². The molecule has 69 heavy (non-hydrogen) atoms. The summed E-state index contributed by atoms with van der Waals surface area (Å²) in [6, 6.07) is -1.20. The number of allylic oxidation sites excluding steroid dienone is 8. The maximum atomic E-state index is 13.2. The van der Waals surface area contributed by atoms with Crippen LogP contribution in [0.15, 0.2) is 48.6 Å². The van der Waals surface area contributed by atoms with E-state index in [2.05, 4.69) is 67.8 Å². The Bertz CT molecular complexity index is 1260. The zero-order valence-electron chi connectivity index (χ0n) is 44.0. The first-order valence-electron chi connectivity index (χ1n) is 28.5. The van der Waals surface area contributed by atoms with Gasteiger partial charge in [0.1, 0.15) is 36.6 Å². The van der Waals surface area contributed by atoms with Crippen LogP contribution in [-0.2, 0) is 14.3 Å². The summed E-state index contributed by atoms with van der Waals surface area (Å²) < 4.78 is 11.1. The molecule has 0 spiro atoms. The van der Waals surface area contributed by atoms with Crippen LogP contribution in [0, 0.1) is 0 Å². The number of rotatable bonds is 48. The molecule has 9 atom stereocenters. The van der Waals surface area contributed by atoms with Crippen molar-refractivity contribution in [3.63, 3.8) is 0 Å². The van der Waals surface area contributed by atoms with E-state index >= 15 is 0 Å². The second-order valence-corrected chi connectivity index (χ2v) is 20.0. The highest BCUT2D eigenvalue weighted by molar-refractivity contribution is 5.80. The summed E-state index contributed by atoms with van der Waals surface area (Å²) in [5.74, 6) is -0.715. The normalized spacial score (nSPS) is 20.7. The van der Waals surface area contributed by atoms with Gasteiger partial charge in [-0.25, -0.2) is 0 Å². The Hall–Kier alpha value is -1.93. The minimum atomic E-state index is -1.67. The second-order valence-electron chi connectivity index (χ2n) is 20.0. The summed E-state index contributed by atoms with van der Waals surface area (Å²) in [6.07, 6.45) is 47.3. The van der Waals surface area contributed by atoms with Crippen molar-refractivity contribution < 1.29 is 50.0 Å². The molecule has 0 bridgehead atoms. The summed E-state index contributed by atoms with van der Waals surface area (Å²) in [6.45, 7) is 3.44. The molecular weight excluding hydrogens is 871 g/mol. The molecule has 11 nitrogen and oxygen atoms in total. The molecule has 1 fully saturated rings. The zero-order chi connectivity index (χ0) is 50.4. The smallest absolute Gasteiger partial charge is 0.249 e. The van der Waals surface area contributed by atoms with Gasteiger partial charge in [0.25, 0.3) is 0 Å². The van der Waals surface area contributed by atoms with Crippen LogP contribution in [0.1, 0.15) is 245 Å². The molecule has 404 valence electrons. The zero-order valence-corrected chi connectivity index (χ0v) is 44.0. The van der Waals surface area contributed by atoms with E-state index < -0.39 is 74.2 Å². The first-order valence-corrected chi connectivity index (χ1v) is 28.5. The highest BCUT2D eigenvalue weighted by Crippen LogP contribution is 2.23. The lowest BCUT2D eigenvalue weighted by Crippen LogP contribution is -2.60. The third-order valence-corrected chi connectivity index (χ3v) is 13.6. The Kier molecular flexibility index (Phi) is 44.4. The molecule has 0 radical (unpaired) electrons. The first kappa shape index (κ1) is 65.1. The summed E-state index contributed by atoms with van der Waals surface area (Å²) >= 11 is 0. The third-order valence-electron chi connectivity index (χ3n) is 13.6. The largest absolute Gasteiger partial charge is 0.394 e. The fourth-order valence-electron chi connectivity index (χ4n) is 8.88. The Morgan fingerprint density at radius 1 is 0.493 bits per heavy atom. The lowest BCUT2D eigenvalue weighted by atomic mass is 9.98. The van der Waals surface area contributed by atoms with E-state index in [-0.39, 0.29) is 12.8 Å². The fraction of sp³-hybridized carbons (Fsp3) is 0.845. The molecule has 0 saturated carbocycles. The number of hydrogen-bond donors (Lipinski definition) is 8. The van der Waals surface area contributed by atoms with E-state index in [1.54, 1.807) is 0 Å². The molecule has 0 aromatic heterocycles. The average Bonchev–Trinajstić information content (AvgIpc) is 3.35. The van der Waals surface area contributed by atoms with Crippen molar-refractivity contribution in [1.82, 2.24) is 5.32 Å². The molecule has 8 N–H and O–H groups in total. The fourth-order valence-corrected chi connectivity index (χ4v) is 8.88. The molecule has 0 aromatic carbocycles. The molecule has 11 heteroatoms. The van der Waals surface area contributed by atoms with E-state index in [9.17, 15) is 40.5 Å². The molecule has 0 aromatic rings. The van der Waals surface area contributed by atoms with Crippen LogP contribution in [0.3, 0.4) is 0 Å². The van der Waals surface area contributed by atoms with Gasteiger partial charge in [-0.3, -0.25) is 4.79 Å². The van der Waals surface area contributed by atoms with Crippen molar-refractivity contribution in [2.45, 2.75) is 300 Å². The predicted octanol–water partition coefficient (Wildman–Crippen LogP) is 11.7. The summed E-state index contributed by atoms with van der Waals surface area (Å²) in [5.41, 5.74) is 0. The quantitative estimate of drug-likeness (QED) is 0.0215. The molecule has 1 saturated heterocycles. The molecule has 1 rings (SSSR count). The van der Waals surface area contributed by atoms with Crippen molar-refractivity contribution in [3.8, 4) is 0 Å². The topological polar surface area (TPSA) is 189 Å². The number of aliphatic hydroxyl groups is 7. The van der Waals surface area contributed by atoms with Crippen LogP contribution < -0.4 is 5.32 Å². The summed E-state index contributed by atoms with van der Waals surface area (Å²) in [5, 5.41) is 76.0. The third kappa shape index (κ3) is 35.8. The van der Waals surface area contributed by atoms with Crippen LogP contribution in [0.2, 0.25) is 0 Å². The van der Waals surface area contributed by atoms with Gasteiger partial charge in [-0.05, 0) is 89.9 Å². The van der Waals surface area contributed by atoms with E-state index in [0.717, 1.165) is 57.8 Å². The Morgan fingerprint density at radius 2 is 0.870 bits per heavy atom. The highest BCUT2D eigenvalue weighted by atomic mass is 16.7. The number of amides is 1. The van der Waals surface area contributed by atoms with Crippen LogP contribution in [0.5, 0.6) is 0 Å². The van der Waals surface area contributed by atoms with Crippen molar-refractivity contribution in [1.29, 1.82) is 0 Å².